The molecule has 210 valence electrons. The number of carbonyl (C=O) groups excluding carboxylic acids is 1. The smallest absolute Gasteiger partial charge is 0.343 e. The van der Waals surface area contributed by atoms with Crippen LogP contribution in [0.2, 0.25) is 0 Å². The zero-order chi connectivity index (χ0) is 28.5. The standard InChI is InChI=1S/C27H27N3O10/c1-2-27(38)15-7-16-18-13(9-30(16)24(35)14(15)10-39-26(27)37)6-11-4-3-5-12(17(11)29-18)8-28-23(34)22-20(32)19(31)21(33)25(36)40-22/h3-8,19-23,25,31-34,36,38H,2,9-10H2,1H3/b28-8+/t19-,20+,21+,22+,23?,25?,27-/m0/s1. The molecule has 0 amide bonds. The van der Waals surface area contributed by atoms with Crippen LogP contribution in [-0.2, 0) is 33.0 Å². The van der Waals surface area contributed by atoms with E-state index in [9.17, 15) is 40.2 Å². The van der Waals surface area contributed by atoms with Gasteiger partial charge in [0.25, 0.3) is 5.56 Å². The van der Waals surface area contributed by atoms with E-state index < -0.39 is 48.5 Å². The van der Waals surface area contributed by atoms with Crippen LogP contribution in [0, 0.1) is 0 Å². The maximum Gasteiger partial charge on any atom is 0.343 e. The van der Waals surface area contributed by atoms with Gasteiger partial charge in [0.1, 0.15) is 31.0 Å². The van der Waals surface area contributed by atoms with Crippen molar-refractivity contribution < 1.29 is 44.9 Å². The number of hydrogen-bond acceptors (Lipinski definition) is 12. The number of pyridine rings is 2. The fourth-order valence-electron chi connectivity index (χ4n) is 5.51. The van der Waals surface area contributed by atoms with Gasteiger partial charge in [0.05, 0.1) is 29.0 Å². The molecule has 3 aromatic rings. The molecule has 0 saturated carbocycles. The second kappa shape index (κ2) is 9.52. The summed E-state index contributed by atoms with van der Waals surface area (Å²) in [5.41, 5.74) is 0.732. The van der Waals surface area contributed by atoms with Gasteiger partial charge < -0.3 is 44.7 Å². The molecule has 3 aliphatic rings. The van der Waals surface area contributed by atoms with Crippen LogP contribution in [0.4, 0.5) is 0 Å². The molecule has 13 heteroatoms. The lowest BCUT2D eigenvalue weighted by Gasteiger charge is -2.39. The quantitative estimate of drug-likeness (QED) is 0.128. The van der Waals surface area contributed by atoms with Crippen molar-refractivity contribution in [3.05, 3.63) is 62.9 Å². The summed E-state index contributed by atoms with van der Waals surface area (Å²) in [5, 5.41) is 61.8. The van der Waals surface area contributed by atoms with E-state index in [0.717, 1.165) is 5.56 Å². The van der Waals surface area contributed by atoms with E-state index in [1.807, 2.05) is 12.1 Å². The highest BCUT2D eigenvalue weighted by Gasteiger charge is 2.46. The summed E-state index contributed by atoms with van der Waals surface area (Å²) in [6.07, 6.45) is -8.91. The Morgan fingerprint density at radius 2 is 1.95 bits per heavy atom. The number of fused-ring (bicyclic) bond motifs is 5. The highest BCUT2D eigenvalue weighted by Crippen LogP contribution is 2.38. The highest BCUT2D eigenvalue weighted by atomic mass is 16.6. The number of ether oxygens (including phenoxy) is 2. The van der Waals surface area contributed by atoms with E-state index in [0.29, 0.717) is 27.9 Å². The lowest BCUT2D eigenvalue weighted by Crippen LogP contribution is -2.60. The number of esters is 1. The minimum atomic E-state index is -1.95. The van der Waals surface area contributed by atoms with Gasteiger partial charge in [-0.25, -0.2) is 9.78 Å². The molecule has 13 nitrogen and oxygen atoms in total. The van der Waals surface area contributed by atoms with Crippen molar-refractivity contribution >= 4 is 23.1 Å². The molecule has 40 heavy (non-hydrogen) atoms. The van der Waals surface area contributed by atoms with Crippen LogP contribution in [0.25, 0.3) is 22.3 Å². The number of rotatable bonds is 4. The lowest BCUT2D eigenvalue weighted by atomic mass is 9.86. The molecular formula is C27H27N3O10. The number of cyclic esters (lactones) is 1. The summed E-state index contributed by atoms with van der Waals surface area (Å²) in [7, 11) is 0. The summed E-state index contributed by atoms with van der Waals surface area (Å²) in [5.74, 6) is -0.810. The number of aromatic nitrogens is 2. The Labute approximate surface area is 226 Å². The zero-order valence-corrected chi connectivity index (χ0v) is 21.2. The Bertz CT molecular complexity index is 1620. The second-order valence-electron chi connectivity index (χ2n) is 10.2. The van der Waals surface area contributed by atoms with Crippen molar-refractivity contribution in [3.63, 3.8) is 0 Å². The Morgan fingerprint density at radius 1 is 1.18 bits per heavy atom. The van der Waals surface area contributed by atoms with Crippen LogP contribution in [0.15, 0.2) is 40.1 Å². The third-order valence-corrected chi connectivity index (χ3v) is 7.86. The van der Waals surface area contributed by atoms with Crippen molar-refractivity contribution in [1.82, 2.24) is 9.55 Å². The second-order valence-corrected chi connectivity index (χ2v) is 10.2. The van der Waals surface area contributed by atoms with Gasteiger partial charge >= 0.3 is 5.97 Å². The van der Waals surface area contributed by atoms with E-state index in [4.69, 9.17) is 14.5 Å². The molecule has 5 heterocycles. The maximum absolute atomic E-state index is 13.4. The molecule has 3 aliphatic heterocycles. The molecule has 1 aromatic carbocycles. The predicted molar refractivity (Wildman–Crippen MR) is 137 cm³/mol. The van der Waals surface area contributed by atoms with Crippen LogP contribution in [0.3, 0.4) is 0 Å². The van der Waals surface area contributed by atoms with Crippen molar-refractivity contribution in [2.24, 2.45) is 4.99 Å². The van der Waals surface area contributed by atoms with Gasteiger partial charge in [-0.3, -0.25) is 9.79 Å². The Hall–Kier alpha value is -3.56. The average molecular weight is 554 g/mol. The van der Waals surface area contributed by atoms with Gasteiger partial charge in [0.15, 0.2) is 18.1 Å². The minimum Gasteiger partial charge on any atom is -0.458 e. The maximum atomic E-state index is 13.4. The average Bonchev–Trinajstić information content (AvgIpc) is 3.31. The number of aliphatic imine (C=N–C) groups is 1. The van der Waals surface area contributed by atoms with E-state index in [1.54, 1.807) is 25.1 Å². The van der Waals surface area contributed by atoms with Gasteiger partial charge in [0.2, 0.25) is 0 Å². The Morgan fingerprint density at radius 3 is 2.70 bits per heavy atom. The molecule has 7 atom stereocenters. The van der Waals surface area contributed by atoms with Crippen molar-refractivity contribution in [3.8, 4) is 11.4 Å². The molecule has 6 rings (SSSR count). The molecule has 2 unspecified atom stereocenters. The molecule has 1 saturated heterocycles. The number of para-hydroxylation sites is 1. The van der Waals surface area contributed by atoms with Gasteiger partial charge in [-0.05, 0) is 18.6 Å². The zero-order valence-electron chi connectivity index (χ0n) is 21.2. The molecule has 6 N–H and O–H groups in total. The SMILES string of the molecule is CC[C@@]1(O)C(=O)OCc2c1cc1n(c2=O)Cc2cc3cccc(/C=N/C(O)[C@@H]4OC(O)[C@H](O)[C@@H](O)[C@H]4O)c3nc2-1. The van der Waals surface area contributed by atoms with Crippen molar-refractivity contribution in [1.29, 1.82) is 0 Å². The fourth-order valence-corrected chi connectivity index (χ4v) is 5.51. The molecule has 0 spiro atoms. The van der Waals surface area contributed by atoms with Crippen molar-refractivity contribution in [2.45, 2.75) is 69.0 Å². The first-order valence-electron chi connectivity index (χ1n) is 12.7. The summed E-state index contributed by atoms with van der Waals surface area (Å²) >= 11 is 0. The van der Waals surface area contributed by atoms with Crippen LogP contribution in [0.1, 0.15) is 35.6 Å². The number of aliphatic hydroxyl groups excluding tert-OH is 5. The number of benzene rings is 1. The molecule has 0 aliphatic carbocycles. The van der Waals surface area contributed by atoms with Crippen LogP contribution < -0.4 is 5.56 Å². The van der Waals surface area contributed by atoms with E-state index in [-0.39, 0.29) is 36.3 Å². The Kier molecular flexibility index (Phi) is 6.34. The predicted octanol–water partition coefficient (Wildman–Crippen LogP) is -1.38. The molecule has 0 bridgehead atoms. The van der Waals surface area contributed by atoms with Crippen LogP contribution in [-0.4, -0.2) is 89.3 Å². The first-order valence-corrected chi connectivity index (χ1v) is 12.7. The summed E-state index contributed by atoms with van der Waals surface area (Å²) < 4.78 is 11.7. The summed E-state index contributed by atoms with van der Waals surface area (Å²) in [6.45, 7) is 1.64. The van der Waals surface area contributed by atoms with Gasteiger partial charge in [-0.1, -0.05) is 25.1 Å². The molecule has 2 aromatic heterocycles. The first kappa shape index (κ1) is 26.7. The largest absolute Gasteiger partial charge is 0.458 e. The number of carbonyl (C=O) groups is 1. The van der Waals surface area contributed by atoms with E-state index in [1.165, 1.54) is 10.8 Å². The number of hydrogen-bond donors (Lipinski definition) is 6. The Balaban J connectivity index is 1.40. The van der Waals surface area contributed by atoms with Gasteiger partial charge in [-0.15, -0.1) is 0 Å². The van der Waals surface area contributed by atoms with Gasteiger partial charge in [-0.2, -0.15) is 0 Å². The summed E-state index contributed by atoms with van der Waals surface area (Å²) in [4.78, 5) is 34.6. The molecule has 1 fully saturated rings. The monoisotopic (exact) mass is 553 g/mol. The van der Waals surface area contributed by atoms with Crippen molar-refractivity contribution in [2.75, 3.05) is 0 Å². The summed E-state index contributed by atoms with van der Waals surface area (Å²) in [6, 6.07) is 8.73. The topological polar surface area (TPSA) is 204 Å². The third-order valence-electron chi connectivity index (χ3n) is 7.86. The van der Waals surface area contributed by atoms with Crippen LogP contribution in [0.5, 0.6) is 0 Å². The third kappa shape index (κ3) is 3.89. The molecule has 0 radical (unpaired) electrons. The minimum absolute atomic E-state index is 0.0229. The normalized spacial score (nSPS) is 30.2. The van der Waals surface area contributed by atoms with E-state index in [2.05, 4.69) is 4.99 Å². The van der Waals surface area contributed by atoms with Gasteiger partial charge in [0, 0.05) is 28.3 Å². The van der Waals surface area contributed by atoms with E-state index >= 15 is 0 Å². The van der Waals surface area contributed by atoms with Crippen LogP contribution >= 0.6 is 0 Å². The highest BCUT2D eigenvalue weighted by molar-refractivity contribution is 5.99. The lowest BCUT2D eigenvalue weighted by molar-refractivity contribution is -0.296. The number of nitrogens with zero attached hydrogens (tertiary/aromatic N) is 3. The first-order chi connectivity index (χ1) is 19.0. The molecular weight excluding hydrogens is 526 g/mol. The fraction of sp³-hybridized carbons (Fsp3) is 0.407. The number of aliphatic hydroxyl groups is 6.